The van der Waals surface area contributed by atoms with E-state index in [1.165, 1.54) is 6.20 Å². The molecular weight excluding hydrogens is 390 g/mol. The third-order valence-electron chi connectivity index (χ3n) is 4.90. The van der Waals surface area contributed by atoms with Crippen molar-refractivity contribution in [3.8, 4) is 0 Å². The number of aromatic nitrogens is 3. The molecule has 2 N–H and O–H groups in total. The average Bonchev–Trinajstić information content (AvgIpc) is 2.79. The molecule has 7 nitrogen and oxygen atoms in total. The van der Waals surface area contributed by atoms with E-state index in [0.29, 0.717) is 28.9 Å². The van der Waals surface area contributed by atoms with Crippen molar-refractivity contribution in [1.29, 1.82) is 0 Å². The van der Waals surface area contributed by atoms with Crippen molar-refractivity contribution in [2.45, 2.75) is 20.4 Å². The van der Waals surface area contributed by atoms with Gasteiger partial charge < -0.3 is 10.6 Å². The number of aryl methyl sites for hydroxylation is 2. The molecule has 0 fully saturated rings. The normalized spacial score (nSPS) is 10.6. The van der Waals surface area contributed by atoms with Crippen LogP contribution in [-0.2, 0) is 6.54 Å². The number of hydrogen-bond donors (Lipinski definition) is 2. The highest BCUT2D eigenvalue weighted by Crippen LogP contribution is 2.15. The molecular formula is C24H21N5O2. The number of rotatable bonds is 5. The van der Waals surface area contributed by atoms with Crippen LogP contribution in [0.2, 0.25) is 0 Å². The van der Waals surface area contributed by atoms with Gasteiger partial charge in [0.05, 0.1) is 28.0 Å². The predicted molar refractivity (Wildman–Crippen MR) is 119 cm³/mol. The van der Waals surface area contributed by atoms with Gasteiger partial charge in [0.15, 0.2) is 0 Å². The Morgan fingerprint density at radius 3 is 2.42 bits per heavy atom. The molecule has 0 atom stereocenters. The molecule has 0 aliphatic carbocycles. The van der Waals surface area contributed by atoms with Crippen molar-refractivity contribution >= 4 is 28.5 Å². The van der Waals surface area contributed by atoms with E-state index in [1.807, 2.05) is 32.0 Å². The van der Waals surface area contributed by atoms with E-state index in [-0.39, 0.29) is 11.8 Å². The van der Waals surface area contributed by atoms with Crippen LogP contribution in [0.5, 0.6) is 0 Å². The van der Waals surface area contributed by atoms with Gasteiger partial charge in [0.1, 0.15) is 0 Å². The molecule has 0 radical (unpaired) electrons. The average molecular weight is 411 g/mol. The number of anilines is 1. The third-order valence-corrected chi connectivity index (χ3v) is 4.90. The fourth-order valence-electron chi connectivity index (χ4n) is 3.12. The number of benzene rings is 2. The molecule has 0 bridgehead atoms. The van der Waals surface area contributed by atoms with Gasteiger partial charge >= 0.3 is 0 Å². The fourth-order valence-corrected chi connectivity index (χ4v) is 3.12. The summed E-state index contributed by atoms with van der Waals surface area (Å²) >= 11 is 0. The maximum absolute atomic E-state index is 12.6. The molecule has 2 aromatic heterocycles. The van der Waals surface area contributed by atoms with Crippen LogP contribution >= 0.6 is 0 Å². The number of fused-ring (bicyclic) bond motifs is 1. The summed E-state index contributed by atoms with van der Waals surface area (Å²) in [6.45, 7) is 4.14. The molecule has 4 aromatic rings. The van der Waals surface area contributed by atoms with E-state index < -0.39 is 0 Å². The van der Waals surface area contributed by atoms with Crippen molar-refractivity contribution < 1.29 is 9.59 Å². The summed E-state index contributed by atoms with van der Waals surface area (Å²) in [6, 6.07) is 16.0. The second-order valence-electron chi connectivity index (χ2n) is 7.18. The summed E-state index contributed by atoms with van der Waals surface area (Å²) in [4.78, 5) is 37.9. The van der Waals surface area contributed by atoms with Crippen molar-refractivity contribution in [1.82, 2.24) is 20.3 Å². The topological polar surface area (TPSA) is 96.9 Å². The van der Waals surface area contributed by atoms with Crippen LogP contribution in [0.25, 0.3) is 11.0 Å². The summed E-state index contributed by atoms with van der Waals surface area (Å²) in [5.41, 5.74) is 5.68. The van der Waals surface area contributed by atoms with Crippen LogP contribution in [-0.4, -0.2) is 26.8 Å². The molecule has 4 rings (SSSR count). The lowest BCUT2D eigenvalue weighted by Gasteiger charge is -2.09. The minimum absolute atomic E-state index is 0.202. The van der Waals surface area contributed by atoms with Gasteiger partial charge in [-0.05, 0) is 61.9 Å². The van der Waals surface area contributed by atoms with Crippen molar-refractivity contribution in [2.24, 2.45) is 0 Å². The number of nitrogens with zero attached hydrogens (tertiary/aromatic N) is 3. The Balaban J connectivity index is 1.42. The minimum atomic E-state index is -0.239. The molecule has 0 saturated carbocycles. The third kappa shape index (κ3) is 4.72. The first kappa shape index (κ1) is 20.2. The molecule has 0 unspecified atom stereocenters. The summed E-state index contributed by atoms with van der Waals surface area (Å²) in [6.07, 6.45) is 3.13. The molecule has 0 saturated heterocycles. The van der Waals surface area contributed by atoms with Gasteiger partial charge in [-0.1, -0.05) is 12.1 Å². The van der Waals surface area contributed by atoms with E-state index in [2.05, 4.69) is 25.6 Å². The van der Waals surface area contributed by atoms with Crippen LogP contribution in [0.1, 0.15) is 37.7 Å². The predicted octanol–water partition coefficient (Wildman–Crippen LogP) is 3.82. The summed E-state index contributed by atoms with van der Waals surface area (Å²) < 4.78 is 0. The lowest BCUT2D eigenvalue weighted by molar-refractivity contribution is 0.0950. The molecule has 2 heterocycles. The Hall–Kier alpha value is -4.13. The van der Waals surface area contributed by atoms with E-state index in [0.717, 1.165) is 22.5 Å². The SMILES string of the molecule is Cc1nc2ccc(C(=O)NCc3cccc(NC(=O)c4cccnc4)c3)cc2nc1C. The van der Waals surface area contributed by atoms with Gasteiger partial charge in [0.25, 0.3) is 11.8 Å². The molecule has 0 aliphatic rings. The van der Waals surface area contributed by atoms with Gasteiger partial charge in [-0.25, -0.2) is 9.97 Å². The van der Waals surface area contributed by atoms with Crippen LogP contribution < -0.4 is 10.6 Å². The molecule has 0 spiro atoms. The van der Waals surface area contributed by atoms with Crippen molar-refractivity contribution in [3.05, 3.63) is 95.1 Å². The number of pyridine rings is 1. The second kappa shape index (κ2) is 8.71. The Morgan fingerprint density at radius 2 is 1.65 bits per heavy atom. The highest BCUT2D eigenvalue weighted by molar-refractivity contribution is 6.04. The Morgan fingerprint density at radius 1 is 0.839 bits per heavy atom. The molecule has 0 aliphatic heterocycles. The molecule has 154 valence electrons. The van der Waals surface area contributed by atoms with Gasteiger partial charge in [0, 0.05) is 30.2 Å². The quantitative estimate of drug-likeness (QED) is 0.520. The molecule has 31 heavy (non-hydrogen) atoms. The Bertz CT molecular complexity index is 1270. The molecule has 2 amide bonds. The fraction of sp³-hybridized carbons (Fsp3) is 0.125. The standard InChI is InChI=1S/C24H21N5O2/c1-15-16(2)28-22-12-18(8-9-21(22)27-15)23(30)26-13-17-5-3-7-20(11-17)29-24(31)19-6-4-10-25-14-19/h3-12,14H,13H2,1-2H3,(H,26,30)(H,29,31). The summed E-state index contributed by atoms with van der Waals surface area (Å²) in [5, 5.41) is 5.75. The smallest absolute Gasteiger partial charge is 0.257 e. The summed E-state index contributed by atoms with van der Waals surface area (Å²) in [5.74, 6) is -0.441. The monoisotopic (exact) mass is 411 g/mol. The highest BCUT2D eigenvalue weighted by atomic mass is 16.2. The van der Waals surface area contributed by atoms with Crippen LogP contribution in [0, 0.1) is 13.8 Å². The van der Waals surface area contributed by atoms with Crippen molar-refractivity contribution in [3.63, 3.8) is 0 Å². The minimum Gasteiger partial charge on any atom is -0.348 e. The first-order chi connectivity index (χ1) is 15.0. The Labute approximate surface area is 179 Å². The van der Waals surface area contributed by atoms with Crippen molar-refractivity contribution in [2.75, 3.05) is 5.32 Å². The van der Waals surface area contributed by atoms with Crippen LogP contribution in [0.15, 0.2) is 67.0 Å². The number of hydrogen-bond acceptors (Lipinski definition) is 5. The largest absolute Gasteiger partial charge is 0.348 e. The van der Waals surface area contributed by atoms with E-state index in [4.69, 9.17) is 0 Å². The van der Waals surface area contributed by atoms with Gasteiger partial charge in [0.2, 0.25) is 0 Å². The zero-order chi connectivity index (χ0) is 21.8. The van der Waals surface area contributed by atoms with E-state index in [1.54, 1.807) is 42.6 Å². The van der Waals surface area contributed by atoms with Crippen LogP contribution in [0.3, 0.4) is 0 Å². The molecule has 7 heteroatoms. The van der Waals surface area contributed by atoms with Gasteiger partial charge in [-0.15, -0.1) is 0 Å². The maximum Gasteiger partial charge on any atom is 0.257 e. The first-order valence-corrected chi connectivity index (χ1v) is 9.83. The number of carbonyl (C=O) groups excluding carboxylic acids is 2. The molecule has 2 aromatic carbocycles. The first-order valence-electron chi connectivity index (χ1n) is 9.83. The van der Waals surface area contributed by atoms with Gasteiger partial charge in [-0.2, -0.15) is 0 Å². The number of carbonyl (C=O) groups is 2. The number of amides is 2. The number of nitrogens with one attached hydrogen (secondary N) is 2. The maximum atomic E-state index is 12.6. The highest BCUT2D eigenvalue weighted by Gasteiger charge is 2.10. The van der Waals surface area contributed by atoms with E-state index in [9.17, 15) is 9.59 Å². The Kier molecular flexibility index (Phi) is 5.66. The lowest BCUT2D eigenvalue weighted by atomic mass is 10.1. The lowest BCUT2D eigenvalue weighted by Crippen LogP contribution is -2.23. The zero-order valence-electron chi connectivity index (χ0n) is 17.2. The zero-order valence-corrected chi connectivity index (χ0v) is 17.2. The van der Waals surface area contributed by atoms with E-state index >= 15 is 0 Å². The summed E-state index contributed by atoms with van der Waals surface area (Å²) in [7, 11) is 0. The van der Waals surface area contributed by atoms with Crippen LogP contribution in [0.4, 0.5) is 5.69 Å². The van der Waals surface area contributed by atoms with Gasteiger partial charge in [-0.3, -0.25) is 14.6 Å². The second-order valence-corrected chi connectivity index (χ2v) is 7.18.